The maximum Gasteiger partial charge on any atom is 0.230 e. The van der Waals surface area contributed by atoms with E-state index in [0.29, 0.717) is 22.7 Å². The third-order valence-electron chi connectivity index (χ3n) is 3.30. The molecule has 0 radical (unpaired) electrons. The van der Waals surface area contributed by atoms with Gasteiger partial charge in [0.2, 0.25) is 11.8 Å². The van der Waals surface area contributed by atoms with E-state index in [-0.39, 0.29) is 24.1 Å². The number of aromatic nitrogens is 2. The zero-order chi connectivity index (χ0) is 17.1. The van der Waals surface area contributed by atoms with E-state index in [1.54, 1.807) is 40.9 Å². The number of benzene rings is 1. The van der Waals surface area contributed by atoms with Gasteiger partial charge in [-0.3, -0.25) is 9.59 Å². The van der Waals surface area contributed by atoms with Crippen LogP contribution in [0.1, 0.15) is 12.6 Å². The second-order valence-corrected chi connectivity index (χ2v) is 5.33. The Morgan fingerprint density at radius 2 is 1.71 bits per heavy atom. The Balaban J connectivity index is 1.64. The Labute approximate surface area is 137 Å². The largest absolute Gasteiger partial charge is 0.326 e. The normalized spacial score (nSPS) is 10.6. The molecule has 0 fully saturated rings. The molecule has 24 heavy (non-hydrogen) atoms. The van der Waals surface area contributed by atoms with Crippen LogP contribution in [0, 0.1) is 5.82 Å². The number of fused-ring (bicyclic) bond motifs is 1. The topological polar surface area (TPSA) is 75.5 Å². The first kappa shape index (κ1) is 15.7. The monoisotopic (exact) mass is 326 g/mol. The van der Waals surface area contributed by atoms with Crippen molar-refractivity contribution in [2.45, 2.75) is 13.3 Å². The number of halogens is 1. The van der Waals surface area contributed by atoms with Crippen molar-refractivity contribution < 1.29 is 14.0 Å². The van der Waals surface area contributed by atoms with Gasteiger partial charge in [0.15, 0.2) is 0 Å². The van der Waals surface area contributed by atoms with Crippen LogP contribution in [0.25, 0.3) is 5.65 Å². The van der Waals surface area contributed by atoms with Crippen molar-refractivity contribution in [2.75, 3.05) is 10.6 Å². The molecule has 6 nitrogen and oxygen atoms in total. The van der Waals surface area contributed by atoms with Crippen LogP contribution in [0.3, 0.4) is 0 Å². The Morgan fingerprint density at radius 3 is 2.38 bits per heavy atom. The van der Waals surface area contributed by atoms with Gasteiger partial charge < -0.3 is 15.0 Å². The summed E-state index contributed by atoms with van der Waals surface area (Å²) >= 11 is 0. The second kappa shape index (κ2) is 6.49. The number of amides is 2. The summed E-state index contributed by atoms with van der Waals surface area (Å²) in [7, 11) is 0. The van der Waals surface area contributed by atoms with Crippen LogP contribution in [0.5, 0.6) is 0 Å². The lowest BCUT2D eigenvalue weighted by molar-refractivity contribution is -0.116. The fourth-order valence-electron chi connectivity index (χ4n) is 2.31. The highest BCUT2D eigenvalue weighted by atomic mass is 19.1. The third-order valence-corrected chi connectivity index (χ3v) is 3.30. The van der Waals surface area contributed by atoms with Crippen molar-refractivity contribution in [3.8, 4) is 0 Å². The maximum absolute atomic E-state index is 13.2. The number of pyridine rings is 1. The fraction of sp³-hybridized carbons (Fsp3) is 0.118. The van der Waals surface area contributed by atoms with E-state index in [2.05, 4.69) is 15.6 Å². The number of hydrogen-bond donors (Lipinski definition) is 2. The van der Waals surface area contributed by atoms with Crippen molar-refractivity contribution in [2.24, 2.45) is 0 Å². The quantitative estimate of drug-likeness (QED) is 0.774. The Kier molecular flexibility index (Phi) is 4.24. The van der Waals surface area contributed by atoms with Crippen molar-refractivity contribution in [1.29, 1.82) is 0 Å². The number of rotatable bonds is 4. The molecule has 0 bridgehead atoms. The summed E-state index contributed by atoms with van der Waals surface area (Å²) < 4.78 is 14.7. The van der Waals surface area contributed by atoms with Gasteiger partial charge in [-0.05, 0) is 36.4 Å². The van der Waals surface area contributed by atoms with Crippen LogP contribution in [-0.4, -0.2) is 21.2 Å². The minimum Gasteiger partial charge on any atom is -0.326 e. The Morgan fingerprint density at radius 1 is 1.04 bits per heavy atom. The summed E-state index contributed by atoms with van der Waals surface area (Å²) in [6, 6.07) is 9.67. The molecule has 2 N–H and O–H groups in total. The molecule has 2 heterocycles. The number of nitrogens with zero attached hydrogens (tertiary/aromatic N) is 2. The van der Waals surface area contributed by atoms with Gasteiger partial charge in [-0.25, -0.2) is 9.37 Å². The standard InChI is InChI=1S/C17H15FN4O2/c1-11(23)19-13-3-5-14(6-4-13)21-17(24)8-15-10-22-9-12(18)2-7-16(22)20-15/h2-7,9-10H,8H2,1H3,(H,19,23)(H,21,24). The molecular weight excluding hydrogens is 311 g/mol. The van der Waals surface area contributed by atoms with Crippen LogP contribution in [0.4, 0.5) is 15.8 Å². The predicted molar refractivity (Wildman–Crippen MR) is 88.2 cm³/mol. The van der Waals surface area contributed by atoms with Crippen LogP contribution >= 0.6 is 0 Å². The minimum absolute atomic E-state index is 0.0801. The van der Waals surface area contributed by atoms with Gasteiger partial charge in [0, 0.05) is 30.7 Å². The summed E-state index contributed by atoms with van der Waals surface area (Å²) in [6.45, 7) is 1.43. The van der Waals surface area contributed by atoms with E-state index >= 15 is 0 Å². The lowest BCUT2D eigenvalue weighted by Crippen LogP contribution is -2.14. The number of carbonyl (C=O) groups excluding carboxylic acids is 2. The molecule has 3 rings (SSSR count). The summed E-state index contributed by atoms with van der Waals surface area (Å²) in [4.78, 5) is 27.3. The molecule has 1 aromatic carbocycles. The molecule has 0 aliphatic heterocycles. The van der Waals surface area contributed by atoms with Crippen LogP contribution in [0.2, 0.25) is 0 Å². The zero-order valence-corrected chi connectivity index (χ0v) is 12.9. The van der Waals surface area contributed by atoms with Gasteiger partial charge in [-0.15, -0.1) is 0 Å². The molecule has 0 unspecified atom stereocenters. The number of carbonyl (C=O) groups is 2. The van der Waals surface area contributed by atoms with Crippen LogP contribution in [0.15, 0.2) is 48.8 Å². The molecular formula is C17H15FN4O2. The lowest BCUT2D eigenvalue weighted by Gasteiger charge is -2.06. The van der Waals surface area contributed by atoms with Gasteiger partial charge in [-0.2, -0.15) is 0 Å². The van der Waals surface area contributed by atoms with Gasteiger partial charge >= 0.3 is 0 Å². The molecule has 7 heteroatoms. The molecule has 0 spiro atoms. The molecule has 0 aliphatic carbocycles. The number of anilines is 2. The maximum atomic E-state index is 13.2. The van der Waals surface area contributed by atoms with E-state index in [1.807, 2.05) is 0 Å². The van der Waals surface area contributed by atoms with Gasteiger partial charge in [0.05, 0.1) is 12.1 Å². The van der Waals surface area contributed by atoms with E-state index in [0.717, 1.165) is 0 Å². The first-order valence-electron chi connectivity index (χ1n) is 7.30. The van der Waals surface area contributed by atoms with E-state index in [1.165, 1.54) is 19.2 Å². The minimum atomic E-state index is -0.366. The van der Waals surface area contributed by atoms with Crippen LogP contribution < -0.4 is 10.6 Å². The SMILES string of the molecule is CC(=O)Nc1ccc(NC(=O)Cc2cn3cc(F)ccc3n2)cc1. The smallest absolute Gasteiger partial charge is 0.230 e. The third kappa shape index (κ3) is 3.75. The second-order valence-electron chi connectivity index (χ2n) is 5.33. The summed E-state index contributed by atoms with van der Waals surface area (Å²) in [5.41, 5.74) is 2.40. The lowest BCUT2D eigenvalue weighted by atomic mass is 10.2. The average molecular weight is 326 g/mol. The van der Waals surface area contributed by atoms with Gasteiger partial charge in [0.1, 0.15) is 11.5 Å². The highest BCUT2D eigenvalue weighted by Crippen LogP contribution is 2.14. The molecule has 2 aromatic heterocycles. The zero-order valence-electron chi connectivity index (χ0n) is 12.9. The van der Waals surface area contributed by atoms with E-state index in [9.17, 15) is 14.0 Å². The number of nitrogens with one attached hydrogen (secondary N) is 2. The summed E-state index contributed by atoms with van der Waals surface area (Å²) in [5.74, 6) is -0.753. The highest BCUT2D eigenvalue weighted by Gasteiger charge is 2.09. The van der Waals surface area contributed by atoms with Crippen molar-refractivity contribution in [1.82, 2.24) is 9.38 Å². The fourth-order valence-corrected chi connectivity index (χ4v) is 2.31. The van der Waals surface area contributed by atoms with Crippen molar-refractivity contribution >= 4 is 28.8 Å². The first-order valence-corrected chi connectivity index (χ1v) is 7.30. The molecule has 0 saturated heterocycles. The molecule has 2 amide bonds. The Bertz CT molecular complexity index is 903. The molecule has 122 valence electrons. The van der Waals surface area contributed by atoms with Crippen molar-refractivity contribution in [3.63, 3.8) is 0 Å². The number of hydrogen-bond acceptors (Lipinski definition) is 3. The Hall–Kier alpha value is -3.22. The average Bonchev–Trinajstić information content (AvgIpc) is 2.89. The molecule has 3 aromatic rings. The van der Waals surface area contributed by atoms with E-state index in [4.69, 9.17) is 0 Å². The van der Waals surface area contributed by atoms with E-state index < -0.39 is 0 Å². The first-order chi connectivity index (χ1) is 11.5. The van der Waals surface area contributed by atoms with Gasteiger partial charge in [-0.1, -0.05) is 0 Å². The highest BCUT2D eigenvalue weighted by molar-refractivity contribution is 5.93. The summed E-state index contributed by atoms with van der Waals surface area (Å²) in [5, 5.41) is 5.40. The van der Waals surface area contributed by atoms with Crippen LogP contribution in [-0.2, 0) is 16.0 Å². The molecule has 0 atom stereocenters. The number of imidazole rings is 1. The molecule has 0 aliphatic rings. The molecule has 0 saturated carbocycles. The van der Waals surface area contributed by atoms with Crippen molar-refractivity contribution in [3.05, 3.63) is 60.3 Å². The summed E-state index contributed by atoms with van der Waals surface area (Å²) in [6.07, 6.45) is 3.01. The van der Waals surface area contributed by atoms with Gasteiger partial charge in [0.25, 0.3) is 0 Å². The predicted octanol–water partition coefficient (Wildman–Crippen LogP) is 2.61.